The number of esters is 1. The van der Waals surface area contributed by atoms with Crippen molar-refractivity contribution in [3.63, 3.8) is 0 Å². The lowest BCUT2D eigenvalue weighted by Crippen LogP contribution is -2.25. The van der Waals surface area contributed by atoms with Crippen LogP contribution < -0.4 is 10.6 Å². The van der Waals surface area contributed by atoms with Gasteiger partial charge < -0.3 is 15.4 Å². The van der Waals surface area contributed by atoms with E-state index in [1.165, 1.54) is 0 Å². The Balaban J connectivity index is 2.12. The van der Waals surface area contributed by atoms with Crippen LogP contribution in [-0.4, -0.2) is 35.2 Å². The molecule has 0 fully saturated rings. The number of hydrogen-bond acceptors (Lipinski definition) is 6. The number of anilines is 2. The molecular weight excluding hydrogens is 308 g/mol. The molecule has 0 bridgehead atoms. The largest absolute Gasteiger partial charge is 0.462 e. The van der Waals surface area contributed by atoms with Crippen LogP contribution in [0.1, 0.15) is 41.1 Å². The van der Waals surface area contributed by atoms with Gasteiger partial charge >= 0.3 is 5.97 Å². The molecule has 0 aliphatic carbocycles. The van der Waals surface area contributed by atoms with E-state index in [1.807, 2.05) is 6.92 Å². The lowest BCUT2D eigenvalue weighted by molar-refractivity contribution is 0.0527. The van der Waals surface area contributed by atoms with Crippen LogP contribution in [-0.2, 0) is 4.74 Å². The fourth-order valence-corrected chi connectivity index (χ4v) is 1.97. The van der Waals surface area contributed by atoms with Crippen LogP contribution in [0.2, 0.25) is 0 Å². The van der Waals surface area contributed by atoms with E-state index in [1.54, 1.807) is 43.3 Å². The van der Waals surface area contributed by atoms with Gasteiger partial charge in [-0.25, -0.2) is 4.79 Å². The van der Waals surface area contributed by atoms with E-state index in [9.17, 15) is 9.59 Å². The molecule has 0 saturated carbocycles. The number of aromatic nitrogens is 2. The molecule has 7 nitrogen and oxygen atoms in total. The third-order valence-corrected chi connectivity index (χ3v) is 3.12. The van der Waals surface area contributed by atoms with Gasteiger partial charge in [0, 0.05) is 6.54 Å². The van der Waals surface area contributed by atoms with Gasteiger partial charge in [-0.2, -0.15) is 0 Å². The molecule has 0 unspecified atom stereocenters. The molecule has 0 saturated heterocycles. The molecular formula is C17H20N4O3. The number of rotatable bonds is 7. The Kier molecular flexibility index (Phi) is 6.24. The summed E-state index contributed by atoms with van der Waals surface area (Å²) in [6, 6.07) is 10.2. The number of para-hydroxylation sites is 1. The van der Waals surface area contributed by atoms with E-state index >= 15 is 0 Å². The molecule has 1 aromatic heterocycles. The highest BCUT2D eigenvalue weighted by atomic mass is 16.5. The van der Waals surface area contributed by atoms with Crippen LogP contribution >= 0.6 is 0 Å². The predicted octanol–water partition coefficient (Wildman–Crippen LogP) is 2.54. The van der Waals surface area contributed by atoms with Crippen LogP contribution in [0, 0.1) is 0 Å². The van der Waals surface area contributed by atoms with Crippen molar-refractivity contribution >= 4 is 23.4 Å². The Morgan fingerprint density at radius 1 is 1.08 bits per heavy atom. The highest BCUT2D eigenvalue weighted by Crippen LogP contribution is 2.20. The number of ether oxygens (including phenoxy) is 1. The molecule has 0 aliphatic rings. The number of carbonyl (C=O) groups is 2. The van der Waals surface area contributed by atoms with Crippen LogP contribution in [0.25, 0.3) is 0 Å². The van der Waals surface area contributed by atoms with Gasteiger partial charge in [0.15, 0.2) is 11.5 Å². The first-order valence-corrected chi connectivity index (χ1v) is 7.80. The Labute approximate surface area is 140 Å². The molecule has 126 valence electrons. The average Bonchev–Trinajstić information content (AvgIpc) is 2.61. The summed E-state index contributed by atoms with van der Waals surface area (Å²) in [7, 11) is 0. The summed E-state index contributed by atoms with van der Waals surface area (Å²) in [5, 5.41) is 13.6. The third kappa shape index (κ3) is 4.52. The monoisotopic (exact) mass is 328 g/mol. The molecule has 2 aromatic rings. The minimum atomic E-state index is -0.413. The second-order valence-electron chi connectivity index (χ2n) is 4.95. The van der Waals surface area contributed by atoms with Gasteiger partial charge in [0.1, 0.15) is 0 Å². The molecule has 1 aromatic carbocycles. The Morgan fingerprint density at radius 2 is 1.88 bits per heavy atom. The van der Waals surface area contributed by atoms with Crippen LogP contribution in [0.5, 0.6) is 0 Å². The van der Waals surface area contributed by atoms with Crippen molar-refractivity contribution in [2.24, 2.45) is 0 Å². The second-order valence-corrected chi connectivity index (χ2v) is 4.95. The van der Waals surface area contributed by atoms with E-state index in [0.717, 1.165) is 6.42 Å². The van der Waals surface area contributed by atoms with Crippen molar-refractivity contribution in [3.8, 4) is 0 Å². The van der Waals surface area contributed by atoms with E-state index in [-0.39, 0.29) is 11.6 Å². The smallest absolute Gasteiger partial charge is 0.340 e. The summed E-state index contributed by atoms with van der Waals surface area (Å²) in [5.41, 5.74) is 1.21. The van der Waals surface area contributed by atoms with E-state index in [4.69, 9.17) is 4.74 Å². The maximum atomic E-state index is 11.9. The molecule has 0 atom stereocenters. The van der Waals surface area contributed by atoms with Crippen molar-refractivity contribution in [1.82, 2.24) is 15.5 Å². The van der Waals surface area contributed by atoms with Crippen LogP contribution in [0.15, 0.2) is 36.4 Å². The lowest BCUT2D eigenvalue weighted by Gasteiger charge is -2.10. The van der Waals surface area contributed by atoms with Crippen molar-refractivity contribution in [2.45, 2.75) is 20.3 Å². The minimum absolute atomic E-state index is 0.243. The van der Waals surface area contributed by atoms with Crippen LogP contribution in [0.4, 0.5) is 11.5 Å². The molecule has 1 amide bonds. The Bertz CT molecular complexity index is 701. The van der Waals surface area contributed by atoms with Crippen molar-refractivity contribution < 1.29 is 14.3 Å². The maximum absolute atomic E-state index is 11.9. The van der Waals surface area contributed by atoms with Gasteiger partial charge in [-0.1, -0.05) is 19.1 Å². The number of amides is 1. The zero-order valence-electron chi connectivity index (χ0n) is 13.7. The van der Waals surface area contributed by atoms with Gasteiger partial charge in [-0.15, -0.1) is 10.2 Å². The first kappa shape index (κ1) is 17.4. The Morgan fingerprint density at radius 3 is 2.54 bits per heavy atom. The number of benzene rings is 1. The zero-order valence-corrected chi connectivity index (χ0v) is 13.7. The van der Waals surface area contributed by atoms with E-state index in [2.05, 4.69) is 20.8 Å². The van der Waals surface area contributed by atoms with Gasteiger partial charge in [-0.05, 0) is 37.6 Å². The fraction of sp³-hybridized carbons (Fsp3) is 0.294. The SMILES string of the molecule is CCCNC(=O)c1ccc(Nc2ccccc2C(=O)OCC)nn1. The van der Waals surface area contributed by atoms with Gasteiger partial charge in [0.25, 0.3) is 5.91 Å². The maximum Gasteiger partial charge on any atom is 0.340 e. The molecule has 7 heteroatoms. The normalized spacial score (nSPS) is 10.1. The lowest BCUT2D eigenvalue weighted by atomic mass is 10.2. The highest BCUT2D eigenvalue weighted by molar-refractivity contribution is 5.96. The Hall–Kier alpha value is -2.96. The standard InChI is InChI=1S/C17H20N4O3/c1-3-11-18-16(22)14-9-10-15(21-20-14)19-13-8-6-5-7-12(13)17(23)24-4-2/h5-10H,3-4,11H2,1-2H3,(H,18,22)(H,19,21). The summed E-state index contributed by atoms with van der Waals surface area (Å²) in [6.45, 7) is 4.61. The molecule has 1 heterocycles. The summed E-state index contributed by atoms with van der Waals surface area (Å²) in [4.78, 5) is 23.7. The minimum Gasteiger partial charge on any atom is -0.462 e. The molecule has 2 rings (SSSR count). The van der Waals surface area contributed by atoms with Gasteiger partial charge in [0.2, 0.25) is 0 Å². The average molecular weight is 328 g/mol. The summed E-state index contributed by atoms with van der Waals surface area (Å²) in [5.74, 6) is -0.245. The zero-order chi connectivity index (χ0) is 17.4. The van der Waals surface area contributed by atoms with E-state index in [0.29, 0.717) is 30.2 Å². The highest BCUT2D eigenvalue weighted by Gasteiger charge is 2.13. The first-order valence-electron chi connectivity index (χ1n) is 7.80. The van der Waals surface area contributed by atoms with Crippen molar-refractivity contribution in [1.29, 1.82) is 0 Å². The second kappa shape index (κ2) is 8.61. The molecule has 0 radical (unpaired) electrons. The fourth-order valence-electron chi connectivity index (χ4n) is 1.97. The first-order chi connectivity index (χ1) is 11.7. The molecule has 24 heavy (non-hydrogen) atoms. The van der Waals surface area contributed by atoms with Crippen molar-refractivity contribution in [2.75, 3.05) is 18.5 Å². The number of carbonyl (C=O) groups excluding carboxylic acids is 2. The summed E-state index contributed by atoms with van der Waals surface area (Å²) in [6.07, 6.45) is 0.851. The number of nitrogens with one attached hydrogen (secondary N) is 2. The quantitative estimate of drug-likeness (QED) is 0.759. The third-order valence-electron chi connectivity index (χ3n) is 3.12. The summed E-state index contributed by atoms with van der Waals surface area (Å²) >= 11 is 0. The number of nitrogens with zero attached hydrogens (tertiary/aromatic N) is 2. The molecule has 2 N–H and O–H groups in total. The molecule has 0 spiro atoms. The summed E-state index contributed by atoms with van der Waals surface area (Å²) < 4.78 is 5.03. The van der Waals surface area contributed by atoms with Crippen LogP contribution in [0.3, 0.4) is 0 Å². The molecule has 0 aliphatic heterocycles. The van der Waals surface area contributed by atoms with Crippen molar-refractivity contribution in [3.05, 3.63) is 47.7 Å². The topological polar surface area (TPSA) is 93.2 Å². The van der Waals surface area contributed by atoms with E-state index < -0.39 is 5.97 Å². The predicted molar refractivity (Wildman–Crippen MR) is 90.3 cm³/mol. The van der Waals surface area contributed by atoms with Gasteiger partial charge in [-0.3, -0.25) is 4.79 Å². The van der Waals surface area contributed by atoms with Gasteiger partial charge in [0.05, 0.1) is 17.9 Å². The number of hydrogen-bond donors (Lipinski definition) is 2.